The molecule has 1 aromatic rings. The second kappa shape index (κ2) is 6.37. The first-order valence-electron chi connectivity index (χ1n) is 5.65. The Morgan fingerprint density at radius 1 is 1.48 bits per heavy atom. The summed E-state index contributed by atoms with van der Waals surface area (Å²) in [5, 5.41) is 10.8. The number of rotatable bonds is 5. The van der Waals surface area contributed by atoms with Crippen LogP contribution in [-0.4, -0.2) is 32.5 Å². The molecule has 1 unspecified atom stereocenters. The zero-order valence-corrected chi connectivity index (χ0v) is 13.0. The number of nitro benzene ring substituents is 1. The van der Waals surface area contributed by atoms with Crippen molar-refractivity contribution in [2.75, 3.05) is 7.11 Å². The van der Waals surface area contributed by atoms with Gasteiger partial charge >= 0.3 is 5.97 Å². The van der Waals surface area contributed by atoms with E-state index in [1.54, 1.807) is 0 Å². The van der Waals surface area contributed by atoms with Crippen LogP contribution in [0.25, 0.3) is 0 Å². The molecular formula is C11H13ClN2O6S. The van der Waals surface area contributed by atoms with Crippen LogP contribution in [0.15, 0.2) is 17.0 Å². The zero-order valence-electron chi connectivity index (χ0n) is 11.4. The summed E-state index contributed by atoms with van der Waals surface area (Å²) in [6, 6.07) is 0.822. The molecule has 10 heteroatoms. The third-order valence-corrected chi connectivity index (χ3v) is 4.60. The number of carbonyl (C=O) groups is 1. The van der Waals surface area contributed by atoms with E-state index in [1.807, 2.05) is 0 Å². The molecule has 0 heterocycles. The van der Waals surface area contributed by atoms with Gasteiger partial charge < -0.3 is 4.74 Å². The van der Waals surface area contributed by atoms with Crippen molar-refractivity contribution in [3.05, 3.63) is 32.8 Å². The molecular weight excluding hydrogens is 324 g/mol. The zero-order chi connectivity index (χ0) is 16.4. The maximum absolute atomic E-state index is 12.1. The van der Waals surface area contributed by atoms with Gasteiger partial charge in [-0.3, -0.25) is 14.9 Å². The van der Waals surface area contributed by atoms with Gasteiger partial charge in [-0.05, 0) is 19.9 Å². The molecule has 0 aliphatic carbocycles. The highest BCUT2D eigenvalue weighted by molar-refractivity contribution is 7.89. The topological polar surface area (TPSA) is 116 Å². The van der Waals surface area contributed by atoms with E-state index in [9.17, 15) is 23.3 Å². The predicted molar refractivity (Wildman–Crippen MR) is 74.6 cm³/mol. The number of esters is 1. The van der Waals surface area contributed by atoms with Gasteiger partial charge in [0.1, 0.15) is 6.04 Å². The van der Waals surface area contributed by atoms with Crippen molar-refractivity contribution in [3.63, 3.8) is 0 Å². The minimum absolute atomic E-state index is 0.0599. The van der Waals surface area contributed by atoms with E-state index in [1.165, 1.54) is 13.8 Å². The van der Waals surface area contributed by atoms with Crippen molar-refractivity contribution in [3.8, 4) is 0 Å². The van der Waals surface area contributed by atoms with Crippen molar-refractivity contribution in [1.82, 2.24) is 4.72 Å². The van der Waals surface area contributed by atoms with Crippen molar-refractivity contribution >= 4 is 33.3 Å². The number of nitro groups is 1. The molecule has 0 spiro atoms. The summed E-state index contributed by atoms with van der Waals surface area (Å²) >= 11 is 5.81. The minimum Gasteiger partial charge on any atom is -0.468 e. The number of hydrogen-bond acceptors (Lipinski definition) is 6. The van der Waals surface area contributed by atoms with Gasteiger partial charge in [0, 0.05) is 11.6 Å². The maximum atomic E-state index is 12.1. The molecule has 0 saturated heterocycles. The molecule has 1 aromatic carbocycles. The number of ether oxygens (including phenoxy) is 1. The summed E-state index contributed by atoms with van der Waals surface area (Å²) in [5.74, 6) is -0.786. The fraction of sp³-hybridized carbons (Fsp3) is 0.364. The van der Waals surface area contributed by atoms with Gasteiger partial charge in [0.25, 0.3) is 5.69 Å². The second-order valence-electron chi connectivity index (χ2n) is 4.17. The molecule has 0 bridgehead atoms. The lowest BCUT2D eigenvalue weighted by atomic mass is 10.2. The quantitative estimate of drug-likeness (QED) is 0.493. The van der Waals surface area contributed by atoms with Gasteiger partial charge in [-0.15, -0.1) is 0 Å². The Bertz CT molecular complexity index is 688. The third-order valence-electron chi connectivity index (χ3n) is 2.68. The third kappa shape index (κ3) is 3.90. The van der Waals surface area contributed by atoms with E-state index in [4.69, 9.17) is 11.6 Å². The summed E-state index contributed by atoms with van der Waals surface area (Å²) in [6.45, 7) is 2.69. The van der Waals surface area contributed by atoms with Gasteiger partial charge in [-0.25, -0.2) is 8.42 Å². The number of hydrogen-bond donors (Lipinski definition) is 1. The highest BCUT2D eigenvalue weighted by Gasteiger charge is 2.26. The van der Waals surface area contributed by atoms with Crippen LogP contribution in [0.4, 0.5) is 5.69 Å². The van der Waals surface area contributed by atoms with Crippen LogP contribution < -0.4 is 4.72 Å². The molecule has 0 saturated carbocycles. The Morgan fingerprint density at radius 3 is 2.52 bits per heavy atom. The smallest absolute Gasteiger partial charge is 0.323 e. The Balaban J connectivity index is 3.27. The summed E-state index contributed by atoms with van der Waals surface area (Å²) in [4.78, 5) is 21.0. The van der Waals surface area contributed by atoms with Crippen molar-refractivity contribution < 1.29 is 22.9 Å². The lowest BCUT2D eigenvalue weighted by molar-refractivity contribution is -0.385. The number of benzene rings is 1. The van der Waals surface area contributed by atoms with Gasteiger partial charge in [-0.1, -0.05) is 11.6 Å². The van der Waals surface area contributed by atoms with Gasteiger partial charge in [0.05, 0.1) is 22.0 Å². The number of carbonyl (C=O) groups excluding carboxylic acids is 1. The fourth-order valence-corrected chi connectivity index (χ4v) is 3.03. The molecule has 1 N–H and O–H groups in total. The average molecular weight is 337 g/mol. The Hall–Kier alpha value is -1.71. The Morgan fingerprint density at radius 2 is 2.05 bits per heavy atom. The van der Waals surface area contributed by atoms with E-state index in [0.717, 1.165) is 19.2 Å². The van der Waals surface area contributed by atoms with E-state index in [0.29, 0.717) is 0 Å². The van der Waals surface area contributed by atoms with Crippen molar-refractivity contribution in [2.24, 2.45) is 0 Å². The highest BCUT2D eigenvalue weighted by atomic mass is 35.5. The van der Waals surface area contributed by atoms with E-state index in [2.05, 4.69) is 9.46 Å². The first kappa shape index (κ1) is 17.3. The molecule has 0 aliphatic heterocycles. The lowest BCUT2D eigenvalue weighted by Gasteiger charge is -2.12. The number of nitrogens with one attached hydrogen (secondary N) is 1. The van der Waals surface area contributed by atoms with Crippen LogP contribution >= 0.6 is 11.6 Å². The second-order valence-corrected chi connectivity index (χ2v) is 6.29. The van der Waals surface area contributed by atoms with Crippen LogP contribution in [0.2, 0.25) is 5.02 Å². The van der Waals surface area contributed by atoms with Gasteiger partial charge in [-0.2, -0.15) is 4.72 Å². The van der Waals surface area contributed by atoms with Gasteiger partial charge in [0.15, 0.2) is 0 Å². The standard InChI is InChI=1S/C11H13ClN2O6S/c1-6-9(12)4-8(5-10(6)14(16)17)21(18,19)13-7(2)11(15)20-3/h4-5,7,13H,1-3H3. The van der Waals surface area contributed by atoms with E-state index >= 15 is 0 Å². The monoisotopic (exact) mass is 336 g/mol. The largest absolute Gasteiger partial charge is 0.468 e. The minimum atomic E-state index is -4.15. The normalized spacial score (nSPS) is 12.8. The van der Waals surface area contributed by atoms with E-state index < -0.39 is 37.5 Å². The molecule has 1 atom stereocenters. The van der Waals surface area contributed by atoms with Crippen LogP contribution in [0.3, 0.4) is 0 Å². The molecule has 0 aliphatic rings. The summed E-state index contributed by atoms with van der Waals surface area (Å²) in [7, 11) is -3.04. The first-order chi connectivity index (χ1) is 9.60. The molecule has 116 valence electrons. The Labute approximate surface area is 126 Å². The highest BCUT2D eigenvalue weighted by Crippen LogP contribution is 2.29. The maximum Gasteiger partial charge on any atom is 0.323 e. The Kier molecular flexibility index (Phi) is 5.26. The van der Waals surface area contributed by atoms with E-state index in [-0.39, 0.29) is 10.6 Å². The fourth-order valence-electron chi connectivity index (χ4n) is 1.51. The molecule has 21 heavy (non-hydrogen) atoms. The lowest BCUT2D eigenvalue weighted by Crippen LogP contribution is -2.39. The van der Waals surface area contributed by atoms with Crippen LogP contribution in [0, 0.1) is 17.0 Å². The average Bonchev–Trinajstić information content (AvgIpc) is 2.39. The van der Waals surface area contributed by atoms with Gasteiger partial charge in [0.2, 0.25) is 10.0 Å². The van der Waals surface area contributed by atoms with Crippen LogP contribution in [0.1, 0.15) is 12.5 Å². The molecule has 0 radical (unpaired) electrons. The first-order valence-corrected chi connectivity index (χ1v) is 7.51. The summed E-state index contributed by atoms with van der Waals surface area (Å²) in [5.41, 5.74) is -0.268. The predicted octanol–water partition coefficient (Wildman–Crippen LogP) is 1.40. The number of methoxy groups -OCH3 is 1. The van der Waals surface area contributed by atoms with Crippen molar-refractivity contribution in [1.29, 1.82) is 0 Å². The molecule has 0 fully saturated rings. The molecule has 8 nitrogen and oxygen atoms in total. The SMILES string of the molecule is COC(=O)C(C)NS(=O)(=O)c1cc(Cl)c(C)c([N+](=O)[O-])c1. The molecule has 0 aromatic heterocycles. The molecule has 1 rings (SSSR count). The number of nitrogens with zero attached hydrogens (tertiary/aromatic N) is 1. The number of halogens is 1. The number of sulfonamides is 1. The van der Waals surface area contributed by atoms with Crippen LogP contribution in [0.5, 0.6) is 0 Å². The van der Waals surface area contributed by atoms with Crippen molar-refractivity contribution in [2.45, 2.75) is 24.8 Å². The summed E-state index contributed by atoms with van der Waals surface area (Å²) in [6.07, 6.45) is 0. The summed E-state index contributed by atoms with van der Waals surface area (Å²) < 4.78 is 30.7. The van der Waals surface area contributed by atoms with Crippen LogP contribution in [-0.2, 0) is 19.6 Å². The molecule has 0 amide bonds.